The maximum absolute atomic E-state index is 12.2. The average Bonchev–Trinajstić information content (AvgIpc) is 3.05. The first kappa shape index (κ1) is 15.9. The van der Waals surface area contributed by atoms with E-state index in [0.29, 0.717) is 18.7 Å². The first-order valence-electron chi connectivity index (χ1n) is 7.46. The Labute approximate surface area is 138 Å². The third kappa shape index (κ3) is 4.28. The molecule has 2 atom stereocenters. The van der Waals surface area contributed by atoms with Crippen LogP contribution >= 0.6 is 11.8 Å². The molecule has 3 N–H and O–H groups in total. The number of anilines is 1. The number of carbonyl (C=O) groups is 1. The Hall–Kier alpha value is -1.96. The van der Waals surface area contributed by atoms with Crippen molar-refractivity contribution in [2.45, 2.75) is 35.1 Å². The molecule has 0 bridgehead atoms. The molecule has 0 spiro atoms. The highest BCUT2D eigenvalue weighted by Crippen LogP contribution is 2.26. The maximum atomic E-state index is 12.2. The molecule has 3 rings (SSSR count). The van der Waals surface area contributed by atoms with E-state index in [2.05, 4.69) is 15.3 Å². The minimum absolute atomic E-state index is 0.0153. The van der Waals surface area contributed by atoms with Crippen LogP contribution in [0, 0.1) is 0 Å². The van der Waals surface area contributed by atoms with Crippen molar-refractivity contribution in [2.75, 3.05) is 11.9 Å². The highest BCUT2D eigenvalue weighted by molar-refractivity contribution is 7.99. The first-order valence-corrected chi connectivity index (χ1v) is 8.27. The summed E-state index contributed by atoms with van der Waals surface area (Å²) < 4.78 is 5.60. The standard InChI is InChI=1S/C16H18N4O2S/c17-10-12-4-5-13(22-12)16(21)20-11-6-8-19-15(9-11)23-14-3-1-2-7-18-14/h1-3,6-9,12-13H,4-5,10,17H2,(H,19,20,21)/t12-,13+/m1/s1. The zero-order valence-corrected chi connectivity index (χ0v) is 13.3. The SMILES string of the molecule is NC[C@H]1CC[C@@H](C(=O)Nc2ccnc(Sc3ccccn3)c2)O1. The normalized spacial score (nSPS) is 20.4. The van der Waals surface area contributed by atoms with Crippen LogP contribution < -0.4 is 11.1 Å². The first-order chi connectivity index (χ1) is 11.2. The van der Waals surface area contributed by atoms with Gasteiger partial charge in [-0.3, -0.25) is 4.79 Å². The van der Waals surface area contributed by atoms with Crippen LogP contribution in [-0.2, 0) is 9.53 Å². The summed E-state index contributed by atoms with van der Waals surface area (Å²) in [4.78, 5) is 20.8. The number of rotatable bonds is 5. The fourth-order valence-corrected chi connectivity index (χ4v) is 3.13. The number of amides is 1. The van der Waals surface area contributed by atoms with Crippen LogP contribution in [0.1, 0.15) is 12.8 Å². The Morgan fingerprint density at radius 2 is 2.13 bits per heavy atom. The summed E-state index contributed by atoms with van der Waals surface area (Å²) in [6, 6.07) is 9.29. The van der Waals surface area contributed by atoms with E-state index in [1.807, 2.05) is 24.3 Å². The molecule has 23 heavy (non-hydrogen) atoms. The van der Waals surface area contributed by atoms with Gasteiger partial charge >= 0.3 is 0 Å². The number of nitrogens with one attached hydrogen (secondary N) is 1. The maximum Gasteiger partial charge on any atom is 0.253 e. The van der Waals surface area contributed by atoms with Gasteiger partial charge in [-0.05, 0) is 37.1 Å². The van der Waals surface area contributed by atoms with Crippen molar-refractivity contribution in [3.05, 3.63) is 42.7 Å². The predicted molar refractivity (Wildman–Crippen MR) is 88.2 cm³/mol. The number of carbonyl (C=O) groups excluding carboxylic acids is 1. The molecule has 1 amide bonds. The largest absolute Gasteiger partial charge is 0.364 e. The summed E-state index contributed by atoms with van der Waals surface area (Å²) in [6.07, 6.45) is 4.49. The topological polar surface area (TPSA) is 90.1 Å². The van der Waals surface area contributed by atoms with Gasteiger partial charge in [0.05, 0.1) is 6.10 Å². The molecule has 3 heterocycles. The van der Waals surface area contributed by atoms with Crippen molar-refractivity contribution >= 4 is 23.4 Å². The Balaban J connectivity index is 1.62. The van der Waals surface area contributed by atoms with Crippen molar-refractivity contribution in [3.63, 3.8) is 0 Å². The van der Waals surface area contributed by atoms with Crippen LogP contribution in [0.15, 0.2) is 52.8 Å². The zero-order chi connectivity index (χ0) is 16.1. The van der Waals surface area contributed by atoms with Crippen LogP contribution in [-0.4, -0.2) is 34.6 Å². The lowest BCUT2D eigenvalue weighted by atomic mass is 10.2. The van der Waals surface area contributed by atoms with E-state index >= 15 is 0 Å². The molecule has 1 saturated heterocycles. The Morgan fingerprint density at radius 3 is 2.87 bits per heavy atom. The number of hydrogen-bond acceptors (Lipinski definition) is 6. The Kier molecular flexibility index (Phi) is 5.22. The van der Waals surface area contributed by atoms with Crippen molar-refractivity contribution in [3.8, 4) is 0 Å². The summed E-state index contributed by atoms with van der Waals surface area (Å²) in [7, 11) is 0. The predicted octanol–water partition coefficient (Wildman–Crippen LogP) is 2.07. The number of nitrogens with two attached hydrogens (primary N) is 1. The van der Waals surface area contributed by atoms with Gasteiger partial charge in [-0.25, -0.2) is 9.97 Å². The van der Waals surface area contributed by atoms with Crippen molar-refractivity contribution in [1.29, 1.82) is 0 Å². The van der Waals surface area contributed by atoms with E-state index < -0.39 is 6.10 Å². The summed E-state index contributed by atoms with van der Waals surface area (Å²) in [5, 5.41) is 4.50. The second-order valence-electron chi connectivity index (χ2n) is 5.20. The minimum atomic E-state index is -0.427. The quantitative estimate of drug-likeness (QED) is 0.872. The Bertz CT molecular complexity index is 668. The van der Waals surface area contributed by atoms with Gasteiger partial charge < -0.3 is 15.8 Å². The number of aromatic nitrogens is 2. The summed E-state index contributed by atoms with van der Waals surface area (Å²) in [5.74, 6) is -0.138. The molecule has 0 radical (unpaired) electrons. The van der Waals surface area contributed by atoms with Crippen molar-refractivity contribution < 1.29 is 9.53 Å². The molecule has 2 aromatic heterocycles. The molecule has 0 aromatic carbocycles. The van der Waals surface area contributed by atoms with Crippen molar-refractivity contribution in [2.24, 2.45) is 5.73 Å². The van der Waals surface area contributed by atoms with E-state index in [1.165, 1.54) is 11.8 Å². The number of pyridine rings is 2. The molecule has 120 valence electrons. The van der Waals surface area contributed by atoms with Gasteiger partial charge in [0.2, 0.25) is 0 Å². The van der Waals surface area contributed by atoms with Gasteiger partial charge in [0.25, 0.3) is 5.91 Å². The highest BCUT2D eigenvalue weighted by Gasteiger charge is 2.29. The molecule has 7 heteroatoms. The summed E-state index contributed by atoms with van der Waals surface area (Å²) in [5.41, 5.74) is 6.27. The van der Waals surface area contributed by atoms with E-state index in [0.717, 1.165) is 16.5 Å². The van der Waals surface area contributed by atoms with Gasteiger partial charge in [-0.2, -0.15) is 0 Å². The fourth-order valence-electron chi connectivity index (χ4n) is 2.35. The average molecular weight is 330 g/mol. The van der Waals surface area contributed by atoms with E-state index in [9.17, 15) is 4.79 Å². The molecular weight excluding hydrogens is 312 g/mol. The van der Waals surface area contributed by atoms with E-state index in [1.54, 1.807) is 18.5 Å². The monoisotopic (exact) mass is 330 g/mol. The molecular formula is C16H18N4O2S. The minimum Gasteiger partial charge on any atom is -0.364 e. The van der Waals surface area contributed by atoms with Crippen molar-refractivity contribution in [1.82, 2.24) is 9.97 Å². The number of hydrogen-bond donors (Lipinski definition) is 2. The summed E-state index contributed by atoms with van der Waals surface area (Å²) >= 11 is 1.44. The fraction of sp³-hybridized carbons (Fsp3) is 0.312. The summed E-state index contributed by atoms with van der Waals surface area (Å²) in [6.45, 7) is 0.448. The van der Waals surface area contributed by atoms with Gasteiger partial charge in [-0.15, -0.1) is 0 Å². The third-order valence-electron chi connectivity index (χ3n) is 3.51. The molecule has 1 fully saturated rings. The molecule has 0 unspecified atom stereocenters. The molecule has 0 saturated carbocycles. The van der Waals surface area contributed by atoms with Crippen LogP contribution in [0.2, 0.25) is 0 Å². The molecule has 1 aliphatic rings. The molecule has 6 nitrogen and oxygen atoms in total. The lowest BCUT2D eigenvalue weighted by molar-refractivity contribution is -0.126. The molecule has 0 aliphatic carbocycles. The van der Waals surface area contributed by atoms with Crippen LogP contribution in [0.5, 0.6) is 0 Å². The molecule has 2 aromatic rings. The van der Waals surface area contributed by atoms with Gasteiger partial charge in [0.15, 0.2) is 0 Å². The second kappa shape index (κ2) is 7.54. The van der Waals surface area contributed by atoms with Gasteiger partial charge in [0, 0.05) is 24.6 Å². The zero-order valence-electron chi connectivity index (χ0n) is 12.5. The third-order valence-corrected chi connectivity index (χ3v) is 4.40. The smallest absolute Gasteiger partial charge is 0.253 e. The highest BCUT2D eigenvalue weighted by atomic mass is 32.2. The van der Waals surface area contributed by atoms with Crippen LogP contribution in [0.25, 0.3) is 0 Å². The van der Waals surface area contributed by atoms with Gasteiger partial charge in [-0.1, -0.05) is 17.8 Å². The van der Waals surface area contributed by atoms with E-state index in [-0.39, 0.29) is 12.0 Å². The Morgan fingerprint density at radius 1 is 1.26 bits per heavy atom. The van der Waals surface area contributed by atoms with Crippen LogP contribution in [0.3, 0.4) is 0 Å². The second-order valence-corrected chi connectivity index (χ2v) is 6.24. The van der Waals surface area contributed by atoms with Crippen LogP contribution in [0.4, 0.5) is 5.69 Å². The molecule has 1 aliphatic heterocycles. The lowest BCUT2D eigenvalue weighted by Gasteiger charge is -2.13. The lowest BCUT2D eigenvalue weighted by Crippen LogP contribution is -2.29. The number of nitrogens with zero attached hydrogens (tertiary/aromatic N) is 2. The van der Waals surface area contributed by atoms with Gasteiger partial charge in [0.1, 0.15) is 16.2 Å². The number of ether oxygens (including phenoxy) is 1. The van der Waals surface area contributed by atoms with E-state index in [4.69, 9.17) is 10.5 Å².